The molecular formula is C18H20BrF3N4O2S. The van der Waals surface area contributed by atoms with Crippen molar-refractivity contribution in [2.45, 2.75) is 19.3 Å². The fourth-order valence-electron chi connectivity index (χ4n) is 2.81. The van der Waals surface area contributed by atoms with E-state index in [0.29, 0.717) is 18.7 Å². The van der Waals surface area contributed by atoms with Crippen molar-refractivity contribution < 1.29 is 22.7 Å². The van der Waals surface area contributed by atoms with Gasteiger partial charge < -0.3 is 15.0 Å². The maximum atomic E-state index is 12.3. The van der Waals surface area contributed by atoms with Gasteiger partial charge in [-0.1, -0.05) is 6.07 Å². The highest BCUT2D eigenvalue weighted by Gasteiger charge is 2.28. The molecular weight excluding hydrogens is 473 g/mol. The van der Waals surface area contributed by atoms with E-state index in [4.69, 9.17) is 0 Å². The van der Waals surface area contributed by atoms with Crippen molar-refractivity contribution in [1.29, 1.82) is 0 Å². The quantitative estimate of drug-likeness (QED) is 0.664. The molecule has 0 bridgehead atoms. The fourth-order valence-corrected chi connectivity index (χ4v) is 4.34. The number of urea groups is 1. The Morgan fingerprint density at radius 1 is 1.21 bits per heavy atom. The van der Waals surface area contributed by atoms with Crippen molar-refractivity contribution in [3.05, 3.63) is 44.7 Å². The lowest BCUT2D eigenvalue weighted by atomic mass is 10.3. The number of alkyl halides is 3. The summed E-state index contributed by atoms with van der Waals surface area (Å²) in [6.45, 7) is 2.62. The van der Waals surface area contributed by atoms with Crippen LogP contribution in [0.1, 0.15) is 10.4 Å². The first-order valence-corrected chi connectivity index (χ1v) is 10.5. The van der Waals surface area contributed by atoms with Crippen molar-refractivity contribution >= 4 is 33.3 Å². The topological polar surface area (TPSA) is 57.7 Å². The molecule has 0 atom stereocenters. The lowest BCUT2D eigenvalue weighted by Crippen LogP contribution is -2.51. The zero-order valence-corrected chi connectivity index (χ0v) is 17.8. The molecule has 0 radical (unpaired) electrons. The maximum absolute atomic E-state index is 12.3. The monoisotopic (exact) mass is 492 g/mol. The van der Waals surface area contributed by atoms with Crippen LogP contribution in [0.3, 0.4) is 0 Å². The van der Waals surface area contributed by atoms with E-state index >= 15 is 0 Å². The summed E-state index contributed by atoms with van der Waals surface area (Å²) in [6, 6.07) is 6.90. The fraction of sp³-hybridized carbons (Fsp3) is 0.444. The van der Waals surface area contributed by atoms with Crippen LogP contribution in [-0.2, 0) is 13.1 Å². The van der Waals surface area contributed by atoms with Gasteiger partial charge in [-0.3, -0.25) is 4.90 Å². The zero-order chi connectivity index (χ0) is 20.9. The molecule has 1 N–H and O–H groups in total. The Labute approximate surface area is 178 Å². The molecule has 2 amide bonds. The summed E-state index contributed by atoms with van der Waals surface area (Å²) >= 11 is 5.17. The SMILES string of the molecule is O=C(NCc1ccc(OCC(F)(F)F)nc1)N1CCN(Cc2ccc(Br)s2)CC1. The van der Waals surface area contributed by atoms with E-state index < -0.39 is 12.8 Å². The van der Waals surface area contributed by atoms with E-state index in [-0.39, 0.29) is 18.5 Å². The maximum Gasteiger partial charge on any atom is 0.422 e. The summed E-state index contributed by atoms with van der Waals surface area (Å²) in [5.74, 6) is -0.105. The van der Waals surface area contributed by atoms with Gasteiger partial charge in [0.15, 0.2) is 6.61 Å². The van der Waals surface area contributed by atoms with Gasteiger partial charge in [-0.05, 0) is 33.6 Å². The van der Waals surface area contributed by atoms with Crippen LogP contribution >= 0.6 is 27.3 Å². The van der Waals surface area contributed by atoms with Gasteiger partial charge in [-0.25, -0.2) is 9.78 Å². The van der Waals surface area contributed by atoms with Gasteiger partial charge in [0.05, 0.1) is 3.79 Å². The van der Waals surface area contributed by atoms with Gasteiger partial charge in [0, 0.05) is 56.4 Å². The first kappa shape index (κ1) is 21.8. The van der Waals surface area contributed by atoms with Crippen LogP contribution in [0.5, 0.6) is 5.88 Å². The second kappa shape index (κ2) is 9.77. The summed E-state index contributed by atoms with van der Waals surface area (Å²) in [5.41, 5.74) is 0.680. The van der Waals surface area contributed by atoms with Crippen LogP contribution in [0.4, 0.5) is 18.0 Å². The van der Waals surface area contributed by atoms with Gasteiger partial charge in [0.2, 0.25) is 5.88 Å². The van der Waals surface area contributed by atoms with E-state index in [0.717, 1.165) is 23.4 Å². The lowest BCUT2D eigenvalue weighted by Gasteiger charge is -2.34. The summed E-state index contributed by atoms with van der Waals surface area (Å²) < 4.78 is 42.1. The van der Waals surface area contributed by atoms with Gasteiger partial charge >= 0.3 is 12.2 Å². The number of nitrogens with zero attached hydrogens (tertiary/aromatic N) is 3. The molecule has 3 rings (SSSR count). The van der Waals surface area contributed by atoms with E-state index in [9.17, 15) is 18.0 Å². The molecule has 2 aromatic heterocycles. The Balaban J connectivity index is 1.38. The van der Waals surface area contributed by atoms with Crippen LogP contribution in [0.2, 0.25) is 0 Å². The molecule has 0 aromatic carbocycles. The van der Waals surface area contributed by atoms with E-state index in [2.05, 4.69) is 41.9 Å². The van der Waals surface area contributed by atoms with Gasteiger partial charge in [0.25, 0.3) is 0 Å². The first-order valence-electron chi connectivity index (χ1n) is 8.92. The van der Waals surface area contributed by atoms with E-state index in [1.807, 2.05) is 6.07 Å². The Kier molecular flexibility index (Phi) is 7.36. The number of pyridine rings is 1. The van der Waals surface area contributed by atoms with E-state index in [1.54, 1.807) is 22.3 Å². The number of nitrogens with one attached hydrogen (secondary N) is 1. The number of aromatic nitrogens is 1. The summed E-state index contributed by atoms with van der Waals surface area (Å²) in [6.07, 6.45) is -3.01. The van der Waals surface area contributed by atoms with Crippen molar-refractivity contribution in [1.82, 2.24) is 20.1 Å². The number of carbonyl (C=O) groups is 1. The number of rotatable bonds is 6. The molecule has 158 valence electrons. The highest BCUT2D eigenvalue weighted by atomic mass is 79.9. The highest BCUT2D eigenvalue weighted by molar-refractivity contribution is 9.11. The van der Waals surface area contributed by atoms with Crippen molar-refractivity contribution in [2.24, 2.45) is 0 Å². The Bertz CT molecular complexity index is 808. The number of hydrogen-bond acceptors (Lipinski definition) is 5. The predicted molar refractivity (Wildman–Crippen MR) is 107 cm³/mol. The molecule has 11 heteroatoms. The number of halogens is 4. The Morgan fingerprint density at radius 3 is 2.55 bits per heavy atom. The van der Waals surface area contributed by atoms with Gasteiger partial charge in [-0.2, -0.15) is 13.2 Å². The minimum atomic E-state index is -4.40. The molecule has 0 aliphatic carbocycles. The molecule has 6 nitrogen and oxygen atoms in total. The molecule has 29 heavy (non-hydrogen) atoms. The van der Waals surface area contributed by atoms with Crippen LogP contribution in [-0.4, -0.2) is 59.8 Å². The summed E-state index contributed by atoms with van der Waals surface area (Å²) in [7, 11) is 0. The number of thiophene rings is 1. The van der Waals surface area contributed by atoms with Gasteiger partial charge in [-0.15, -0.1) is 11.3 Å². The standard InChI is InChI=1S/C18H20BrF3N4O2S/c19-15-3-2-14(29-15)11-25-5-7-26(8-6-25)17(27)24-10-13-1-4-16(23-9-13)28-12-18(20,21)22/h1-4,9H,5-8,10-12H2,(H,24,27). The third-order valence-electron chi connectivity index (χ3n) is 4.29. The van der Waals surface area contributed by atoms with Crippen LogP contribution in [0.15, 0.2) is 34.2 Å². The molecule has 1 aliphatic rings. The average molecular weight is 493 g/mol. The average Bonchev–Trinajstić information content (AvgIpc) is 3.10. The van der Waals surface area contributed by atoms with Crippen LogP contribution in [0, 0.1) is 0 Å². The lowest BCUT2D eigenvalue weighted by molar-refractivity contribution is -0.154. The molecule has 0 saturated carbocycles. The first-order chi connectivity index (χ1) is 13.8. The smallest absolute Gasteiger partial charge is 0.422 e. The molecule has 1 fully saturated rings. The second-order valence-corrected chi connectivity index (χ2v) is 9.08. The molecule has 0 unspecified atom stereocenters. The third kappa shape index (κ3) is 7.16. The number of amides is 2. The minimum Gasteiger partial charge on any atom is -0.468 e. The van der Waals surface area contributed by atoms with Gasteiger partial charge in [0.1, 0.15) is 0 Å². The Morgan fingerprint density at radius 2 is 1.97 bits per heavy atom. The predicted octanol–water partition coefficient (Wildman–Crippen LogP) is 3.87. The van der Waals surface area contributed by atoms with Crippen LogP contribution in [0.25, 0.3) is 0 Å². The summed E-state index contributed by atoms with van der Waals surface area (Å²) in [4.78, 5) is 21.5. The minimum absolute atomic E-state index is 0.105. The molecule has 3 heterocycles. The number of hydrogen-bond donors (Lipinski definition) is 1. The summed E-state index contributed by atoms with van der Waals surface area (Å²) in [5, 5.41) is 2.82. The largest absolute Gasteiger partial charge is 0.468 e. The highest BCUT2D eigenvalue weighted by Crippen LogP contribution is 2.23. The van der Waals surface area contributed by atoms with E-state index in [1.165, 1.54) is 17.1 Å². The molecule has 0 spiro atoms. The Hall–Kier alpha value is -1.85. The zero-order valence-electron chi connectivity index (χ0n) is 15.4. The van der Waals surface area contributed by atoms with Crippen molar-refractivity contribution in [2.75, 3.05) is 32.8 Å². The van der Waals surface area contributed by atoms with Crippen LogP contribution < -0.4 is 10.1 Å². The molecule has 1 saturated heterocycles. The van der Waals surface area contributed by atoms with Crippen molar-refractivity contribution in [3.8, 4) is 5.88 Å². The number of carbonyl (C=O) groups excluding carboxylic acids is 1. The molecule has 2 aromatic rings. The molecule has 1 aliphatic heterocycles. The van der Waals surface area contributed by atoms with Crippen molar-refractivity contribution in [3.63, 3.8) is 0 Å². The number of piperazine rings is 1. The third-order valence-corrected chi connectivity index (χ3v) is 5.90. The second-order valence-electron chi connectivity index (χ2n) is 6.54. The normalized spacial score (nSPS) is 15.4. The number of ether oxygens (including phenoxy) is 1.